The second-order valence-corrected chi connectivity index (χ2v) is 8.27. The molecule has 0 radical (unpaired) electrons. The van der Waals surface area contributed by atoms with Gasteiger partial charge in [0.1, 0.15) is 17.2 Å². The highest BCUT2D eigenvalue weighted by molar-refractivity contribution is 7.14. The molecule has 3 heterocycles. The van der Waals surface area contributed by atoms with E-state index in [0.29, 0.717) is 12.2 Å². The number of likely N-dealkylation sites (tertiary alicyclic amines) is 1. The van der Waals surface area contributed by atoms with Crippen LogP contribution in [0.15, 0.2) is 46.5 Å². The quantitative estimate of drug-likeness (QED) is 0.686. The Morgan fingerprint density at radius 1 is 1.12 bits per heavy atom. The van der Waals surface area contributed by atoms with Crippen LogP contribution in [-0.2, 0) is 13.1 Å². The molecular formula is C20H22N3OS2+. The number of aromatic nitrogens is 1. The molecule has 1 fully saturated rings. The molecule has 1 aliphatic rings. The van der Waals surface area contributed by atoms with Gasteiger partial charge in [-0.05, 0) is 17.0 Å². The third kappa shape index (κ3) is 4.03. The number of nitrogens with zero attached hydrogens (tertiary/aromatic N) is 1. The molecule has 4 nitrogen and oxygen atoms in total. The molecule has 4 rings (SSSR count). The number of thiophene rings is 1. The van der Waals surface area contributed by atoms with E-state index in [0.717, 1.165) is 17.1 Å². The Hall–Kier alpha value is -2.02. The number of hydrogen-bond acceptors (Lipinski definition) is 4. The Kier molecular flexibility index (Phi) is 5.43. The zero-order chi connectivity index (χ0) is 17.8. The number of carbonyl (C=O) groups is 1. The molecule has 0 bridgehead atoms. The lowest BCUT2D eigenvalue weighted by Gasteiger charge is -2.15. The fourth-order valence-corrected chi connectivity index (χ4v) is 4.90. The predicted molar refractivity (Wildman–Crippen MR) is 107 cm³/mol. The van der Waals surface area contributed by atoms with Crippen molar-refractivity contribution in [2.75, 3.05) is 13.1 Å². The Morgan fingerprint density at radius 2 is 1.92 bits per heavy atom. The van der Waals surface area contributed by atoms with Crippen molar-refractivity contribution in [2.24, 2.45) is 0 Å². The van der Waals surface area contributed by atoms with Crippen LogP contribution in [-0.4, -0.2) is 24.0 Å². The van der Waals surface area contributed by atoms with Crippen LogP contribution < -0.4 is 10.2 Å². The zero-order valence-corrected chi connectivity index (χ0v) is 16.2. The van der Waals surface area contributed by atoms with Crippen molar-refractivity contribution in [2.45, 2.75) is 25.9 Å². The topological polar surface area (TPSA) is 46.4 Å². The number of hydrogen-bond donors (Lipinski definition) is 2. The SMILES string of the molecule is O=C(NCc1ccccc1C[NH+]1CCCC1)c1csc(-c2ccsc2)n1. The van der Waals surface area contributed by atoms with Crippen molar-refractivity contribution in [1.29, 1.82) is 0 Å². The molecule has 6 heteroatoms. The van der Waals surface area contributed by atoms with E-state index in [1.807, 2.05) is 22.9 Å². The molecule has 1 aliphatic heterocycles. The van der Waals surface area contributed by atoms with Crippen LogP contribution in [0.4, 0.5) is 0 Å². The minimum absolute atomic E-state index is 0.106. The van der Waals surface area contributed by atoms with E-state index in [9.17, 15) is 4.79 Å². The first kappa shape index (κ1) is 17.4. The first-order chi connectivity index (χ1) is 12.8. The third-order valence-corrected chi connectivity index (χ3v) is 6.39. The van der Waals surface area contributed by atoms with Gasteiger partial charge in [-0.1, -0.05) is 24.3 Å². The summed E-state index contributed by atoms with van der Waals surface area (Å²) in [4.78, 5) is 18.6. The summed E-state index contributed by atoms with van der Waals surface area (Å²) in [5, 5.41) is 9.85. The first-order valence-corrected chi connectivity index (χ1v) is 10.8. The van der Waals surface area contributed by atoms with Crippen molar-refractivity contribution >= 4 is 28.6 Å². The zero-order valence-electron chi connectivity index (χ0n) is 14.5. The summed E-state index contributed by atoms with van der Waals surface area (Å²) in [6.45, 7) is 4.11. The van der Waals surface area contributed by atoms with E-state index in [4.69, 9.17) is 0 Å². The lowest BCUT2D eigenvalue weighted by molar-refractivity contribution is -0.901. The second-order valence-electron chi connectivity index (χ2n) is 6.64. The van der Waals surface area contributed by atoms with Gasteiger partial charge in [0.15, 0.2) is 0 Å². The normalized spacial score (nSPS) is 14.6. The minimum atomic E-state index is -0.106. The van der Waals surface area contributed by atoms with Crippen molar-refractivity contribution in [3.8, 4) is 10.6 Å². The van der Waals surface area contributed by atoms with Crippen molar-refractivity contribution in [1.82, 2.24) is 10.3 Å². The molecule has 1 saturated heterocycles. The maximum absolute atomic E-state index is 12.5. The fourth-order valence-electron chi connectivity index (χ4n) is 3.39. The van der Waals surface area contributed by atoms with Crippen LogP contribution in [0.1, 0.15) is 34.5 Å². The molecule has 0 spiro atoms. The largest absolute Gasteiger partial charge is 0.347 e. The average Bonchev–Trinajstić information content (AvgIpc) is 3.41. The van der Waals surface area contributed by atoms with Gasteiger partial charge in [0.2, 0.25) is 0 Å². The van der Waals surface area contributed by atoms with E-state index in [2.05, 4.69) is 33.9 Å². The number of thiazole rings is 1. The molecule has 26 heavy (non-hydrogen) atoms. The lowest BCUT2D eigenvalue weighted by Crippen LogP contribution is -3.08. The van der Waals surface area contributed by atoms with E-state index in [1.165, 1.54) is 48.4 Å². The number of amides is 1. The van der Waals surface area contributed by atoms with Gasteiger partial charge in [-0.15, -0.1) is 11.3 Å². The molecule has 2 N–H and O–H groups in total. The summed E-state index contributed by atoms with van der Waals surface area (Å²) in [6.07, 6.45) is 2.65. The van der Waals surface area contributed by atoms with Gasteiger partial charge in [-0.2, -0.15) is 11.3 Å². The predicted octanol–water partition coefficient (Wildman–Crippen LogP) is 2.98. The molecule has 1 amide bonds. The minimum Gasteiger partial charge on any atom is -0.347 e. The van der Waals surface area contributed by atoms with Crippen LogP contribution in [0.2, 0.25) is 0 Å². The van der Waals surface area contributed by atoms with Gasteiger partial charge in [-0.3, -0.25) is 4.79 Å². The number of benzene rings is 1. The molecule has 0 atom stereocenters. The van der Waals surface area contributed by atoms with E-state index < -0.39 is 0 Å². The lowest BCUT2D eigenvalue weighted by atomic mass is 10.1. The van der Waals surface area contributed by atoms with Crippen LogP contribution in [0.3, 0.4) is 0 Å². The van der Waals surface area contributed by atoms with Crippen LogP contribution in [0.5, 0.6) is 0 Å². The van der Waals surface area contributed by atoms with Gasteiger partial charge in [-0.25, -0.2) is 4.98 Å². The monoisotopic (exact) mass is 384 g/mol. The highest BCUT2D eigenvalue weighted by Gasteiger charge is 2.18. The third-order valence-electron chi connectivity index (χ3n) is 4.81. The molecule has 134 valence electrons. The maximum atomic E-state index is 12.5. The molecule has 0 unspecified atom stereocenters. The summed E-state index contributed by atoms with van der Waals surface area (Å²) >= 11 is 3.15. The van der Waals surface area contributed by atoms with E-state index in [-0.39, 0.29) is 5.91 Å². The van der Waals surface area contributed by atoms with Gasteiger partial charge >= 0.3 is 0 Å². The number of carbonyl (C=O) groups excluding carboxylic acids is 1. The van der Waals surface area contributed by atoms with E-state index in [1.54, 1.807) is 16.2 Å². The number of quaternary nitrogens is 1. The van der Waals surface area contributed by atoms with Crippen molar-refractivity contribution in [3.05, 3.63) is 63.3 Å². The van der Waals surface area contributed by atoms with Crippen molar-refractivity contribution < 1.29 is 9.69 Å². The van der Waals surface area contributed by atoms with Crippen LogP contribution in [0, 0.1) is 0 Å². The van der Waals surface area contributed by atoms with Gasteiger partial charge < -0.3 is 10.2 Å². The number of rotatable bonds is 6. The molecule has 2 aromatic heterocycles. The van der Waals surface area contributed by atoms with E-state index >= 15 is 0 Å². The Bertz CT molecular complexity index is 867. The van der Waals surface area contributed by atoms with Gasteiger partial charge in [0.25, 0.3) is 5.91 Å². The number of nitrogens with one attached hydrogen (secondary N) is 2. The molecule has 0 saturated carbocycles. The Balaban J connectivity index is 1.40. The summed E-state index contributed by atoms with van der Waals surface area (Å²) in [5.74, 6) is -0.106. The summed E-state index contributed by atoms with van der Waals surface area (Å²) in [6, 6.07) is 10.5. The molecule has 0 aliphatic carbocycles. The van der Waals surface area contributed by atoms with Crippen LogP contribution in [0.25, 0.3) is 10.6 Å². The van der Waals surface area contributed by atoms with Crippen LogP contribution >= 0.6 is 22.7 Å². The summed E-state index contributed by atoms with van der Waals surface area (Å²) in [7, 11) is 0. The summed E-state index contributed by atoms with van der Waals surface area (Å²) in [5.41, 5.74) is 4.12. The highest BCUT2D eigenvalue weighted by Crippen LogP contribution is 2.25. The second kappa shape index (κ2) is 8.12. The molecule has 3 aromatic rings. The fraction of sp³-hybridized carbons (Fsp3) is 0.300. The molecular weight excluding hydrogens is 362 g/mol. The smallest absolute Gasteiger partial charge is 0.271 e. The Labute approximate surface area is 161 Å². The van der Waals surface area contributed by atoms with Gasteiger partial charge in [0.05, 0.1) is 13.1 Å². The van der Waals surface area contributed by atoms with Gasteiger partial charge in [0, 0.05) is 41.3 Å². The summed E-state index contributed by atoms with van der Waals surface area (Å²) < 4.78 is 0. The molecule has 1 aromatic carbocycles. The van der Waals surface area contributed by atoms with Crippen molar-refractivity contribution in [3.63, 3.8) is 0 Å². The highest BCUT2D eigenvalue weighted by atomic mass is 32.1. The standard InChI is InChI=1S/C20H21N3OS2/c24-19(18-14-26-20(22-18)17-7-10-25-13-17)21-11-15-5-1-2-6-16(15)12-23-8-3-4-9-23/h1-2,5-7,10,13-14H,3-4,8-9,11-12H2,(H,21,24)/p+1. The Morgan fingerprint density at radius 3 is 2.69 bits per heavy atom. The average molecular weight is 385 g/mol. The maximum Gasteiger partial charge on any atom is 0.271 e. The first-order valence-electron chi connectivity index (χ1n) is 8.96.